The molecule has 3 heterocycles. The molecule has 0 saturated carbocycles. The van der Waals surface area contributed by atoms with Crippen LogP contribution in [0.4, 0.5) is 5.69 Å². The zero-order chi connectivity index (χ0) is 24.2. The molecule has 1 aliphatic heterocycles. The van der Waals surface area contributed by atoms with Crippen LogP contribution in [0.2, 0.25) is 0 Å². The number of ether oxygens (including phenoxy) is 2. The Hall–Kier alpha value is -3.65. The zero-order valence-electron chi connectivity index (χ0n) is 19.6. The van der Waals surface area contributed by atoms with Gasteiger partial charge in [0.2, 0.25) is 5.78 Å². The fourth-order valence-electron chi connectivity index (χ4n) is 4.12. The second kappa shape index (κ2) is 10.1. The minimum Gasteiger partial charge on any atom is -0.459 e. The molecule has 0 spiro atoms. The molecule has 3 aromatic rings. The molecule has 1 atom stereocenters. The number of hydrogen-bond donors (Lipinski definition) is 1. The van der Waals surface area contributed by atoms with Gasteiger partial charge in [0.05, 0.1) is 17.9 Å². The average Bonchev–Trinajstić information content (AvgIpc) is 3.58. The Morgan fingerprint density at radius 3 is 2.68 bits per heavy atom. The molecule has 1 saturated heterocycles. The Morgan fingerprint density at radius 2 is 1.97 bits per heavy atom. The molecule has 1 aromatic carbocycles. The number of carbonyl (C=O) groups is 3. The quantitative estimate of drug-likeness (QED) is 0.390. The van der Waals surface area contributed by atoms with Crippen molar-refractivity contribution in [1.82, 2.24) is 4.57 Å². The van der Waals surface area contributed by atoms with Gasteiger partial charge in [0.15, 0.2) is 12.4 Å². The van der Waals surface area contributed by atoms with Crippen molar-refractivity contribution in [2.24, 2.45) is 0 Å². The van der Waals surface area contributed by atoms with Gasteiger partial charge in [-0.1, -0.05) is 6.07 Å². The number of nitrogens with one attached hydrogen (secondary N) is 1. The van der Waals surface area contributed by atoms with Crippen LogP contribution in [-0.4, -0.2) is 41.5 Å². The molecule has 1 fully saturated rings. The topological polar surface area (TPSA) is 99.8 Å². The highest BCUT2D eigenvalue weighted by atomic mass is 16.5. The molecule has 1 amide bonds. The SMILES string of the molecule is Cc1ccc(C(=O)OCC(=O)c2cc(C)n(C[C@@H]3CCCO3)c2C)cc1NC(=O)c1ccco1. The number of aromatic nitrogens is 1. The number of benzene rings is 1. The van der Waals surface area contributed by atoms with E-state index in [2.05, 4.69) is 9.88 Å². The molecule has 0 aliphatic carbocycles. The van der Waals surface area contributed by atoms with E-state index in [1.54, 1.807) is 24.3 Å². The molecule has 2 aromatic heterocycles. The van der Waals surface area contributed by atoms with Crippen molar-refractivity contribution in [3.8, 4) is 0 Å². The molecule has 0 unspecified atom stereocenters. The summed E-state index contributed by atoms with van der Waals surface area (Å²) in [6.45, 7) is 6.77. The Bertz CT molecular complexity index is 1200. The number of rotatable bonds is 8. The summed E-state index contributed by atoms with van der Waals surface area (Å²) in [6.07, 6.45) is 3.64. The monoisotopic (exact) mass is 464 g/mol. The first-order chi connectivity index (χ1) is 16.3. The van der Waals surface area contributed by atoms with Crippen LogP contribution in [0.15, 0.2) is 47.1 Å². The zero-order valence-corrected chi connectivity index (χ0v) is 19.6. The van der Waals surface area contributed by atoms with Crippen molar-refractivity contribution in [2.75, 3.05) is 18.5 Å². The standard InChI is InChI=1S/C26H28N2O6/c1-16-8-9-19(13-22(16)27-25(30)24-7-5-11-33-24)26(31)34-15-23(29)21-12-17(2)28(18(21)3)14-20-6-4-10-32-20/h5,7-9,11-13,20H,4,6,10,14-15H2,1-3H3,(H,27,30)/t20-/m0/s1. The van der Waals surface area contributed by atoms with E-state index >= 15 is 0 Å². The van der Waals surface area contributed by atoms with Crippen molar-refractivity contribution >= 4 is 23.3 Å². The Morgan fingerprint density at radius 1 is 1.15 bits per heavy atom. The van der Waals surface area contributed by atoms with Gasteiger partial charge >= 0.3 is 5.97 Å². The fraction of sp³-hybridized carbons (Fsp3) is 0.346. The van der Waals surface area contributed by atoms with Gasteiger partial charge in [-0.2, -0.15) is 0 Å². The molecular weight excluding hydrogens is 436 g/mol. The highest BCUT2D eigenvalue weighted by Gasteiger charge is 2.22. The van der Waals surface area contributed by atoms with E-state index < -0.39 is 11.9 Å². The molecule has 34 heavy (non-hydrogen) atoms. The van der Waals surface area contributed by atoms with Gasteiger partial charge in [-0.3, -0.25) is 9.59 Å². The van der Waals surface area contributed by atoms with Crippen molar-refractivity contribution < 1.29 is 28.3 Å². The molecule has 4 rings (SSSR count). The normalized spacial score (nSPS) is 15.3. The lowest BCUT2D eigenvalue weighted by Gasteiger charge is -2.14. The molecule has 8 heteroatoms. The molecule has 0 radical (unpaired) electrons. The number of hydrogen-bond acceptors (Lipinski definition) is 6. The summed E-state index contributed by atoms with van der Waals surface area (Å²) in [7, 11) is 0. The van der Waals surface area contributed by atoms with Crippen LogP contribution >= 0.6 is 0 Å². The first-order valence-electron chi connectivity index (χ1n) is 11.3. The second-order valence-corrected chi connectivity index (χ2v) is 8.49. The maximum Gasteiger partial charge on any atom is 0.338 e. The molecule has 1 N–H and O–H groups in total. The molecule has 178 valence electrons. The molecular formula is C26H28N2O6. The van der Waals surface area contributed by atoms with E-state index in [0.717, 1.165) is 36.4 Å². The number of Topliss-reactive ketones (excluding diaryl/α,β-unsaturated/α-hetero) is 1. The minimum absolute atomic E-state index is 0.162. The smallest absolute Gasteiger partial charge is 0.338 e. The Balaban J connectivity index is 1.40. The van der Waals surface area contributed by atoms with Gasteiger partial charge < -0.3 is 23.8 Å². The lowest BCUT2D eigenvalue weighted by atomic mass is 10.1. The van der Waals surface area contributed by atoms with E-state index in [1.165, 1.54) is 12.3 Å². The number of anilines is 1. The predicted octanol–water partition coefficient (Wildman–Crippen LogP) is 4.48. The summed E-state index contributed by atoms with van der Waals surface area (Å²) in [6, 6.07) is 9.82. The van der Waals surface area contributed by atoms with Gasteiger partial charge in [0.25, 0.3) is 5.91 Å². The average molecular weight is 465 g/mol. The van der Waals surface area contributed by atoms with Crippen LogP contribution in [0.5, 0.6) is 0 Å². The van der Waals surface area contributed by atoms with Gasteiger partial charge in [-0.05, 0) is 69.5 Å². The third kappa shape index (κ3) is 5.12. The molecule has 1 aliphatic rings. The van der Waals surface area contributed by atoms with Crippen molar-refractivity contribution in [1.29, 1.82) is 0 Å². The first kappa shape index (κ1) is 23.5. The largest absolute Gasteiger partial charge is 0.459 e. The van der Waals surface area contributed by atoms with E-state index in [0.29, 0.717) is 17.8 Å². The number of aryl methyl sites for hydroxylation is 2. The van der Waals surface area contributed by atoms with Gasteiger partial charge in [-0.15, -0.1) is 0 Å². The highest BCUT2D eigenvalue weighted by Crippen LogP contribution is 2.22. The van der Waals surface area contributed by atoms with Crippen LogP contribution in [0.25, 0.3) is 0 Å². The van der Waals surface area contributed by atoms with Crippen molar-refractivity contribution in [3.05, 3.63) is 76.5 Å². The second-order valence-electron chi connectivity index (χ2n) is 8.49. The van der Waals surface area contributed by atoms with E-state index in [9.17, 15) is 14.4 Å². The van der Waals surface area contributed by atoms with Gasteiger partial charge in [0.1, 0.15) is 0 Å². The Labute approximate surface area is 197 Å². The van der Waals surface area contributed by atoms with E-state index in [1.807, 2.05) is 26.8 Å². The third-order valence-electron chi connectivity index (χ3n) is 6.09. The van der Waals surface area contributed by atoms with Crippen LogP contribution in [0, 0.1) is 20.8 Å². The highest BCUT2D eigenvalue weighted by molar-refractivity contribution is 6.04. The van der Waals surface area contributed by atoms with Gasteiger partial charge in [-0.25, -0.2) is 4.79 Å². The summed E-state index contributed by atoms with van der Waals surface area (Å²) in [5.41, 5.74) is 3.81. The van der Waals surface area contributed by atoms with E-state index in [4.69, 9.17) is 13.9 Å². The van der Waals surface area contributed by atoms with Crippen LogP contribution in [0.3, 0.4) is 0 Å². The van der Waals surface area contributed by atoms with Crippen molar-refractivity contribution in [2.45, 2.75) is 46.3 Å². The summed E-state index contributed by atoms with van der Waals surface area (Å²) >= 11 is 0. The lowest BCUT2D eigenvalue weighted by Crippen LogP contribution is -2.18. The van der Waals surface area contributed by atoms with Gasteiger partial charge in [0, 0.05) is 35.8 Å². The number of carbonyl (C=O) groups excluding carboxylic acids is 3. The van der Waals surface area contributed by atoms with E-state index in [-0.39, 0.29) is 29.8 Å². The number of ketones is 1. The van der Waals surface area contributed by atoms with Crippen molar-refractivity contribution in [3.63, 3.8) is 0 Å². The number of amides is 1. The predicted molar refractivity (Wildman–Crippen MR) is 125 cm³/mol. The fourth-order valence-corrected chi connectivity index (χ4v) is 4.12. The third-order valence-corrected chi connectivity index (χ3v) is 6.09. The Kier molecular flexibility index (Phi) is 6.98. The van der Waals surface area contributed by atoms with Crippen LogP contribution in [0.1, 0.15) is 61.1 Å². The van der Waals surface area contributed by atoms with Crippen LogP contribution < -0.4 is 5.32 Å². The first-order valence-corrected chi connectivity index (χ1v) is 11.3. The summed E-state index contributed by atoms with van der Waals surface area (Å²) in [4.78, 5) is 37.7. The summed E-state index contributed by atoms with van der Waals surface area (Å²) < 4.78 is 18.2. The number of furan rings is 1. The maximum atomic E-state index is 12.8. The number of nitrogens with zero attached hydrogens (tertiary/aromatic N) is 1. The summed E-state index contributed by atoms with van der Waals surface area (Å²) in [5.74, 6) is -1.17. The summed E-state index contributed by atoms with van der Waals surface area (Å²) in [5, 5.41) is 2.72. The molecule has 8 nitrogen and oxygen atoms in total. The van der Waals surface area contributed by atoms with Crippen LogP contribution in [-0.2, 0) is 16.0 Å². The number of esters is 1. The molecule has 0 bridgehead atoms. The lowest BCUT2D eigenvalue weighted by molar-refractivity contribution is 0.0474. The minimum atomic E-state index is -0.644. The maximum absolute atomic E-state index is 12.8.